The lowest BCUT2D eigenvalue weighted by Crippen LogP contribution is -2.02. The fourth-order valence-electron chi connectivity index (χ4n) is 1.18. The van der Waals surface area contributed by atoms with Crippen LogP contribution in [0.1, 0.15) is 5.56 Å². The van der Waals surface area contributed by atoms with Gasteiger partial charge in [0.1, 0.15) is 5.75 Å². The number of alkyl halides is 1. The lowest BCUT2D eigenvalue weighted by atomic mass is 10.2. The van der Waals surface area contributed by atoms with Gasteiger partial charge < -0.3 is 14.6 Å². The molecule has 0 saturated carbocycles. The fraction of sp³-hybridized carbons (Fsp3) is 0.250. The van der Waals surface area contributed by atoms with E-state index in [9.17, 15) is 4.79 Å². The molecule has 0 aliphatic carbocycles. The molecule has 1 rings (SSSR count). The van der Waals surface area contributed by atoms with Gasteiger partial charge in [0.15, 0.2) is 0 Å². The number of benzene rings is 1. The topological polar surface area (TPSA) is 55.8 Å². The molecule has 0 bridgehead atoms. The lowest BCUT2D eigenvalue weighted by molar-refractivity contribution is -0.135. The summed E-state index contributed by atoms with van der Waals surface area (Å²) in [6, 6.07) is 7.10. The Morgan fingerprint density at radius 1 is 1.41 bits per heavy atom. The number of aliphatic carboxylic acids is 1. The fourth-order valence-corrected chi connectivity index (χ4v) is 1.34. The Morgan fingerprint density at radius 2 is 2.06 bits per heavy atom. The molecular weight excluding hydrogens is 288 g/mol. The summed E-state index contributed by atoms with van der Waals surface area (Å²) in [6.07, 6.45) is 1.45. The molecule has 92 valence electrons. The van der Waals surface area contributed by atoms with Crippen molar-refractivity contribution in [1.82, 2.24) is 0 Å². The molecule has 17 heavy (non-hydrogen) atoms. The molecule has 5 heteroatoms. The van der Waals surface area contributed by atoms with Crippen LogP contribution in [0.2, 0.25) is 0 Å². The highest BCUT2D eigenvalue weighted by atomic mass is 79.9. The number of ether oxygens (including phenoxy) is 2. The first kappa shape index (κ1) is 13.6. The number of methoxy groups -OCH3 is 1. The number of carbonyl (C=O) groups is 1. The summed E-state index contributed by atoms with van der Waals surface area (Å²) in [4.78, 5) is 10.7. The van der Waals surface area contributed by atoms with E-state index in [2.05, 4.69) is 15.9 Å². The molecule has 0 aromatic heterocycles. The van der Waals surface area contributed by atoms with Crippen molar-refractivity contribution < 1.29 is 19.4 Å². The molecule has 0 aliphatic heterocycles. The number of rotatable bonds is 6. The Bertz CT molecular complexity index is 397. The van der Waals surface area contributed by atoms with Crippen LogP contribution in [0, 0.1) is 0 Å². The van der Waals surface area contributed by atoms with E-state index in [-0.39, 0.29) is 5.76 Å². The second-order valence-corrected chi connectivity index (χ2v) is 3.92. The van der Waals surface area contributed by atoms with E-state index in [1.807, 2.05) is 0 Å². The summed E-state index contributed by atoms with van der Waals surface area (Å²) >= 11 is 3.26. The number of hydrogen-bond acceptors (Lipinski definition) is 3. The van der Waals surface area contributed by atoms with Crippen molar-refractivity contribution >= 4 is 28.0 Å². The summed E-state index contributed by atoms with van der Waals surface area (Å²) in [5.41, 5.74) is 0.746. The highest BCUT2D eigenvalue weighted by Gasteiger charge is 2.06. The first-order valence-corrected chi connectivity index (χ1v) is 6.07. The molecule has 1 aromatic carbocycles. The van der Waals surface area contributed by atoms with E-state index in [0.29, 0.717) is 6.61 Å². The third-order valence-corrected chi connectivity index (χ3v) is 2.28. The molecule has 0 unspecified atom stereocenters. The van der Waals surface area contributed by atoms with Gasteiger partial charge in [-0.3, -0.25) is 0 Å². The third kappa shape index (κ3) is 4.48. The van der Waals surface area contributed by atoms with Gasteiger partial charge in [-0.15, -0.1) is 0 Å². The Labute approximate surface area is 108 Å². The first-order valence-electron chi connectivity index (χ1n) is 4.95. The largest absolute Gasteiger partial charge is 0.493 e. The van der Waals surface area contributed by atoms with Crippen molar-refractivity contribution in [3.63, 3.8) is 0 Å². The van der Waals surface area contributed by atoms with Gasteiger partial charge >= 0.3 is 5.97 Å². The smallest absolute Gasteiger partial charge is 0.371 e. The molecule has 4 nitrogen and oxygen atoms in total. The van der Waals surface area contributed by atoms with Crippen molar-refractivity contribution in [2.24, 2.45) is 0 Å². The summed E-state index contributed by atoms with van der Waals surface area (Å²) in [7, 11) is 1.33. The molecule has 0 fully saturated rings. The Morgan fingerprint density at radius 3 is 2.53 bits per heavy atom. The minimum atomic E-state index is -1.09. The van der Waals surface area contributed by atoms with E-state index in [0.717, 1.165) is 16.6 Å². The van der Waals surface area contributed by atoms with Gasteiger partial charge in [0.05, 0.1) is 13.7 Å². The zero-order valence-electron chi connectivity index (χ0n) is 9.35. The summed E-state index contributed by atoms with van der Waals surface area (Å²) in [5.74, 6) is -0.442. The number of carboxylic acids is 1. The van der Waals surface area contributed by atoms with Gasteiger partial charge in [0.2, 0.25) is 5.76 Å². The quantitative estimate of drug-likeness (QED) is 0.498. The van der Waals surface area contributed by atoms with Gasteiger partial charge in [-0.05, 0) is 23.8 Å². The zero-order chi connectivity index (χ0) is 12.7. The molecule has 1 N–H and O–H groups in total. The van der Waals surface area contributed by atoms with Gasteiger partial charge in [-0.1, -0.05) is 28.1 Å². The van der Waals surface area contributed by atoms with E-state index >= 15 is 0 Å². The van der Waals surface area contributed by atoms with Crippen molar-refractivity contribution in [1.29, 1.82) is 0 Å². The minimum absolute atomic E-state index is 0.0980. The maximum absolute atomic E-state index is 10.7. The Hall–Kier alpha value is -1.49. The third-order valence-electron chi connectivity index (χ3n) is 1.95. The monoisotopic (exact) mass is 300 g/mol. The average molecular weight is 301 g/mol. The van der Waals surface area contributed by atoms with E-state index in [1.54, 1.807) is 24.3 Å². The Kier molecular flexibility index (Phi) is 5.56. The van der Waals surface area contributed by atoms with Crippen LogP contribution in [0.15, 0.2) is 30.0 Å². The molecule has 0 heterocycles. The molecule has 1 aromatic rings. The van der Waals surface area contributed by atoms with Gasteiger partial charge in [0, 0.05) is 5.33 Å². The second-order valence-electron chi connectivity index (χ2n) is 3.12. The molecule has 0 radical (unpaired) electrons. The lowest BCUT2D eigenvalue weighted by Gasteiger charge is -2.04. The summed E-state index contributed by atoms with van der Waals surface area (Å²) in [5, 5.41) is 9.55. The molecule has 0 aliphatic rings. The maximum atomic E-state index is 10.7. The van der Waals surface area contributed by atoms with Crippen LogP contribution in [0.5, 0.6) is 5.75 Å². The number of halogens is 1. The van der Waals surface area contributed by atoms with Crippen molar-refractivity contribution in [3.05, 3.63) is 35.6 Å². The predicted octanol–water partition coefficient (Wildman–Crippen LogP) is 2.53. The van der Waals surface area contributed by atoms with Gasteiger partial charge in [-0.2, -0.15) is 0 Å². The van der Waals surface area contributed by atoms with Crippen LogP contribution in [-0.4, -0.2) is 30.1 Å². The minimum Gasteiger partial charge on any atom is -0.493 e. The second kappa shape index (κ2) is 6.96. The molecule has 0 amide bonds. The van der Waals surface area contributed by atoms with Crippen LogP contribution in [-0.2, 0) is 9.53 Å². The van der Waals surface area contributed by atoms with E-state index < -0.39 is 5.97 Å². The summed E-state index contributed by atoms with van der Waals surface area (Å²) in [6.45, 7) is 0.591. The molecule has 0 saturated heterocycles. The van der Waals surface area contributed by atoms with E-state index in [4.69, 9.17) is 14.6 Å². The molecule has 0 spiro atoms. The number of hydrogen-bond donors (Lipinski definition) is 1. The van der Waals surface area contributed by atoms with Crippen LogP contribution in [0.4, 0.5) is 0 Å². The normalized spacial score (nSPS) is 11.1. The van der Waals surface area contributed by atoms with Crippen LogP contribution < -0.4 is 4.74 Å². The van der Waals surface area contributed by atoms with Crippen LogP contribution >= 0.6 is 15.9 Å². The Balaban J connectivity index is 2.76. The standard InChI is InChI=1S/C12H13BrO4/c1-16-11(12(14)15)8-9-2-4-10(5-3-9)17-7-6-13/h2-5,8H,6-7H2,1H3,(H,14,15)/b11-8-. The van der Waals surface area contributed by atoms with Crippen molar-refractivity contribution in [2.75, 3.05) is 19.0 Å². The number of carboxylic acid groups (broad SMARTS) is 1. The van der Waals surface area contributed by atoms with Gasteiger partial charge in [-0.25, -0.2) is 4.79 Å². The van der Waals surface area contributed by atoms with Crippen LogP contribution in [0.25, 0.3) is 6.08 Å². The SMILES string of the molecule is CO/C(=C\c1ccc(OCCBr)cc1)C(=O)O. The molecule has 0 atom stereocenters. The summed E-state index contributed by atoms with van der Waals surface area (Å²) < 4.78 is 10.1. The maximum Gasteiger partial charge on any atom is 0.371 e. The van der Waals surface area contributed by atoms with E-state index in [1.165, 1.54) is 13.2 Å². The van der Waals surface area contributed by atoms with Crippen LogP contribution in [0.3, 0.4) is 0 Å². The van der Waals surface area contributed by atoms with Gasteiger partial charge in [0.25, 0.3) is 0 Å². The molecular formula is C12H13BrO4. The first-order chi connectivity index (χ1) is 8.17. The highest BCUT2D eigenvalue weighted by molar-refractivity contribution is 9.09. The van der Waals surface area contributed by atoms with Crippen molar-refractivity contribution in [2.45, 2.75) is 0 Å². The zero-order valence-corrected chi connectivity index (χ0v) is 10.9. The average Bonchev–Trinajstić information content (AvgIpc) is 2.34. The predicted molar refractivity (Wildman–Crippen MR) is 68.4 cm³/mol. The highest BCUT2D eigenvalue weighted by Crippen LogP contribution is 2.15. The van der Waals surface area contributed by atoms with Crippen molar-refractivity contribution in [3.8, 4) is 5.75 Å².